The Labute approximate surface area is 187 Å². The van der Waals surface area contributed by atoms with E-state index in [1.54, 1.807) is 0 Å². The number of carbonyl (C=O) groups excluding carboxylic acids is 1. The molecule has 1 amide bonds. The van der Waals surface area contributed by atoms with E-state index in [2.05, 4.69) is 43.4 Å². The predicted octanol–water partition coefficient (Wildman–Crippen LogP) is 8.39. The second-order valence-electron chi connectivity index (χ2n) is 9.06. The molecule has 0 saturated carbocycles. The van der Waals surface area contributed by atoms with Gasteiger partial charge in [0, 0.05) is 12.5 Å². The smallest absolute Gasteiger partial charge is 0.220 e. The quantitative estimate of drug-likeness (QED) is 0.213. The summed E-state index contributed by atoms with van der Waals surface area (Å²) in [6.07, 6.45) is 23.0. The molecule has 2 heteroatoms. The number of hydrogen-bond donors (Lipinski definition) is 1. The minimum absolute atomic E-state index is 0.229. The van der Waals surface area contributed by atoms with Crippen molar-refractivity contribution in [3.8, 4) is 0 Å². The van der Waals surface area contributed by atoms with Crippen LogP contribution in [0.5, 0.6) is 0 Å². The van der Waals surface area contributed by atoms with Crippen molar-refractivity contribution in [3.05, 3.63) is 35.9 Å². The van der Waals surface area contributed by atoms with Crippen LogP contribution in [0.4, 0.5) is 0 Å². The minimum atomic E-state index is 0.229. The van der Waals surface area contributed by atoms with Crippen molar-refractivity contribution < 1.29 is 4.79 Å². The highest BCUT2D eigenvalue weighted by molar-refractivity contribution is 5.76. The van der Waals surface area contributed by atoms with Gasteiger partial charge in [-0.2, -0.15) is 0 Å². The van der Waals surface area contributed by atoms with Crippen LogP contribution in [0.15, 0.2) is 30.3 Å². The third kappa shape index (κ3) is 15.5. The molecule has 0 aliphatic rings. The lowest BCUT2D eigenvalue weighted by atomic mass is 10.0. The number of rotatable bonds is 20. The van der Waals surface area contributed by atoms with E-state index in [9.17, 15) is 4.79 Å². The fourth-order valence-corrected chi connectivity index (χ4v) is 4.15. The Morgan fingerprint density at radius 3 is 1.63 bits per heavy atom. The maximum Gasteiger partial charge on any atom is 0.220 e. The van der Waals surface area contributed by atoms with E-state index >= 15 is 0 Å². The molecule has 0 radical (unpaired) electrons. The first-order valence-corrected chi connectivity index (χ1v) is 13.1. The molecule has 1 aromatic carbocycles. The van der Waals surface area contributed by atoms with Crippen LogP contribution in [0.1, 0.15) is 129 Å². The molecule has 1 N–H and O–H groups in total. The lowest BCUT2D eigenvalue weighted by Gasteiger charge is -2.17. The van der Waals surface area contributed by atoms with Crippen LogP contribution in [0.3, 0.4) is 0 Å². The zero-order valence-corrected chi connectivity index (χ0v) is 20.1. The summed E-state index contributed by atoms with van der Waals surface area (Å²) in [6.45, 7) is 4.44. The van der Waals surface area contributed by atoms with Crippen LogP contribution >= 0.6 is 0 Å². The first-order chi connectivity index (χ1) is 14.8. The zero-order valence-electron chi connectivity index (χ0n) is 20.1. The minimum Gasteiger partial charge on any atom is -0.353 e. The van der Waals surface area contributed by atoms with Gasteiger partial charge in [-0.25, -0.2) is 0 Å². The Morgan fingerprint density at radius 2 is 1.17 bits per heavy atom. The zero-order chi connectivity index (χ0) is 21.7. The van der Waals surface area contributed by atoms with Gasteiger partial charge in [0.2, 0.25) is 5.91 Å². The molecule has 1 aromatic rings. The van der Waals surface area contributed by atoms with Crippen molar-refractivity contribution in [3.63, 3.8) is 0 Å². The SMILES string of the molecule is CCCCCCCCCCCCCCCCCC(=O)NC(CC)Cc1ccccc1. The lowest BCUT2D eigenvalue weighted by molar-refractivity contribution is -0.121. The van der Waals surface area contributed by atoms with E-state index in [-0.39, 0.29) is 11.9 Å². The highest BCUT2D eigenvalue weighted by Crippen LogP contribution is 2.14. The van der Waals surface area contributed by atoms with Crippen LogP contribution in [0, 0.1) is 0 Å². The van der Waals surface area contributed by atoms with Gasteiger partial charge in [-0.3, -0.25) is 4.79 Å². The molecule has 0 saturated heterocycles. The number of nitrogens with one attached hydrogen (secondary N) is 1. The standard InChI is InChI=1S/C28H49NO/c1-3-5-6-7-8-9-10-11-12-13-14-15-16-17-21-24-28(30)29-27(4-2)25-26-22-19-18-20-23-26/h18-20,22-23,27H,3-17,21,24-25H2,1-2H3,(H,29,30). The third-order valence-electron chi connectivity index (χ3n) is 6.19. The summed E-state index contributed by atoms with van der Waals surface area (Å²) >= 11 is 0. The molecule has 0 aromatic heterocycles. The van der Waals surface area contributed by atoms with Crippen LogP contribution in [0.2, 0.25) is 0 Å². The summed E-state index contributed by atoms with van der Waals surface area (Å²) in [5.41, 5.74) is 1.30. The van der Waals surface area contributed by atoms with Crippen LogP contribution < -0.4 is 5.32 Å². The molecule has 0 spiro atoms. The molecule has 0 heterocycles. The Kier molecular flexibility index (Phi) is 17.5. The second kappa shape index (κ2) is 19.6. The van der Waals surface area contributed by atoms with E-state index < -0.39 is 0 Å². The summed E-state index contributed by atoms with van der Waals surface area (Å²) in [5, 5.41) is 3.23. The fraction of sp³-hybridized carbons (Fsp3) is 0.750. The molecule has 30 heavy (non-hydrogen) atoms. The van der Waals surface area contributed by atoms with Gasteiger partial charge in [-0.05, 0) is 24.8 Å². The van der Waals surface area contributed by atoms with Gasteiger partial charge in [0.15, 0.2) is 0 Å². The van der Waals surface area contributed by atoms with E-state index in [4.69, 9.17) is 0 Å². The molecule has 1 rings (SSSR count). The molecule has 0 fully saturated rings. The van der Waals surface area contributed by atoms with Gasteiger partial charge < -0.3 is 5.32 Å². The first kappa shape index (κ1) is 26.7. The molecule has 2 nitrogen and oxygen atoms in total. The topological polar surface area (TPSA) is 29.1 Å². The van der Waals surface area contributed by atoms with Gasteiger partial charge in [0.25, 0.3) is 0 Å². The van der Waals surface area contributed by atoms with E-state index in [0.29, 0.717) is 6.42 Å². The molecular formula is C28H49NO. The number of carbonyl (C=O) groups is 1. The van der Waals surface area contributed by atoms with Crippen molar-refractivity contribution in [2.75, 3.05) is 0 Å². The average molecular weight is 416 g/mol. The number of benzene rings is 1. The maximum absolute atomic E-state index is 12.2. The third-order valence-corrected chi connectivity index (χ3v) is 6.19. The predicted molar refractivity (Wildman–Crippen MR) is 132 cm³/mol. The van der Waals surface area contributed by atoms with Crippen LogP contribution in [-0.2, 0) is 11.2 Å². The van der Waals surface area contributed by atoms with Crippen LogP contribution in [-0.4, -0.2) is 11.9 Å². The van der Waals surface area contributed by atoms with Crippen molar-refractivity contribution in [1.29, 1.82) is 0 Å². The molecule has 172 valence electrons. The average Bonchev–Trinajstić information content (AvgIpc) is 2.76. The Morgan fingerprint density at radius 1 is 0.700 bits per heavy atom. The van der Waals surface area contributed by atoms with Gasteiger partial charge in [0.05, 0.1) is 0 Å². The molecule has 1 atom stereocenters. The van der Waals surface area contributed by atoms with E-state index in [0.717, 1.165) is 19.3 Å². The highest BCUT2D eigenvalue weighted by Gasteiger charge is 2.10. The molecular weight excluding hydrogens is 366 g/mol. The van der Waals surface area contributed by atoms with Crippen molar-refractivity contribution >= 4 is 5.91 Å². The number of hydrogen-bond acceptors (Lipinski definition) is 1. The lowest BCUT2D eigenvalue weighted by Crippen LogP contribution is -2.35. The van der Waals surface area contributed by atoms with Crippen molar-refractivity contribution in [2.45, 2.75) is 135 Å². The van der Waals surface area contributed by atoms with E-state index in [1.165, 1.54) is 95.5 Å². The summed E-state index contributed by atoms with van der Waals surface area (Å²) in [4.78, 5) is 12.2. The number of unbranched alkanes of at least 4 members (excludes halogenated alkanes) is 14. The Bertz CT molecular complexity index is 499. The molecule has 1 unspecified atom stereocenters. The van der Waals surface area contributed by atoms with E-state index in [1.807, 2.05) is 6.07 Å². The summed E-state index contributed by atoms with van der Waals surface area (Å²) in [7, 11) is 0. The van der Waals surface area contributed by atoms with Crippen molar-refractivity contribution in [2.24, 2.45) is 0 Å². The second-order valence-corrected chi connectivity index (χ2v) is 9.06. The molecule has 0 aliphatic heterocycles. The van der Waals surface area contributed by atoms with Gasteiger partial charge in [-0.1, -0.05) is 134 Å². The highest BCUT2D eigenvalue weighted by atomic mass is 16.1. The Hall–Kier alpha value is -1.31. The number of amides is 1. The van der Waals surface area contributed by atoms with Crippen LogP contribution in [0.25, 0.3) is 0 Å². The summed E-state index contributed by atoms with van der Waals surface area (Å²) < 4.78 is 0. The van der Waals surface area contributed by atoms with Gasteiger partial charge in [0.1, 0.15) is 0 Å². The van der Waals surface area contributed by atoms with Gasteiger partial charge in [-0.15, -0.1) is 0 Å². The summed E-state index contributed by atoms with van der Waals surface area (Å²) in [5.74, 6) is 0.229. The maximum atomic E-state index is 12.2. The largest absolute Gasteiger partial charge is 0.353 e. The summed E-state index contributed by atoms with van der Waals surface area (Å²) in [6, 6.07) is 10.7. The van der Waals surface area contributed by atoms with Crippen molar-refractivity contribution in [1.82, 2.24) is 5.32 Å². The molecule has 0 aliphatic carbocycles. The Balaban J connectivity index is 1.88. The monoisotopic (exact) mass is 415 g/mol. The molecule has 0 bridgehead atoms. The fourth-order valence-electron chi connectivity index (χ4n) is 4.15. The normalized spacial score (nSPS) is 12.1. The first-order valence-electron chi connectivity index (χ1n) is 13.1. The van der Waals surface area contributed by atoms with Gasteiger partial charge >= 0.3 is 0 Å².